The number of methoxy groups -OCH3 is 2. The van der Waals surface area contributed by atoms with Gasteiger partial charge < -0.3 is 14.4 Å². The Balaban J connectivity index is 1.58. The third-order valence-electron chi connectivity index (χ3n) is 5.36. The second-order valence-electron chi connectivity index (χ2n) is 7.66. The number of rotatable bonds is 7. The van der Waals surface area contributed by atoms with Gasteiger partial charge in [0, 0.05) is 36.1 Å². The average Bonchev–Trinajstić information content (AvgIpc) is 3.53. The molecule has 1 aliphatic carbocycles. The molecule has 1 saturated carbocycles. The van der Waals surface area contributed by atoms with Crippen molar-refractivity contribution >= 4 is 22.4 Å². The molecule has 2 aromatic heterocycles. The minimum absolute atomic E-state index is 0.453. The molecule has 158 valence electrons. The number of hydrogen-bond donors (Lipinski definition) is 0. The molecule has 0 aliphatic heterocycles. The van der Waals surface area contributed by atoms with Gasteiger partial charge in [0.2, 0.25) is 5.82 Å². The first-order chi connectivity index (χ1) is 15.1. The maximum absolute atomic E-state index is 5.49. The third-order valence-corrected chi connectivity index (χ3v) is 5.36. The first-order valence-corrected chi connectivity index (χ1v) is 10.1. The van der Waals surface area contributed by atoms with Crippen LogP contribution in [0.3, 0.4) is 0 Å². The van der Waals surface area contributed by atoms with Gasteiger partial charge in [0.1, 0.15) is 17.2 Å². The largest absolute Gasteiger partial charge is 0.497 e. The van der Waals surface area contributed by atoms with Crippen molar-refractivity contribution in [3.8, 4) is 23.0 Å². The van der Waals surface area contributed by atoms with E-state index < -0.39 is 0 Å². The number of fused-ring (bicyclic) bond motifs is 1. The van der Waals surface area contributed by atoms with Gasteiger partial charge in [0.15, 0.2) is 0 Å². The number of anilines is 2. The Kier molecular flexibility index (Phi) is 4.85. The Bertz CT molecular complexity index is 1210. The molecule has 0 N–H and O–H groups in total. The van der Waals surface area contributed by atoms with Crippen LogP contribution in [0.15, 0.2) is 42.6 Å². The predicted molar refractivity (Wildman–Crippen MR) is 117 cm³/mol. The standard InChI is InChI=1S/C22H23N7O2/c1-28-26-22(25-27-28)21-12-23-19-7-6-15(10-20(19)24-21)29(13-14-4-5-14)16-8-17(30-2)11-18(9-16)31-3/h6-12,14H,4-5,13H2,1-3H3. The highest BCUT2D eigenvalue weighted by Gasteiger charge is 2.26. The van der Waals surface area contributed by atoms with Gasteiger partial charge in [-0.2, -0.15) is 4.80 Å². The summed E-state index contributed by atoms with van der Waals surface area (Å²) in [4.78, 5) is 13.0. The van der Waals surface area contributed by atoms with E-state index in [0.717, 1.165) is 40.5 Å². The van der Waals surface area contributed by atoms with Crippen molar-refractivity contribution in [1.82, 2.24) is 30.2 Å². The molecule has 9 nitrogen and oxygen atoms in total. The molecular formula is C22H23N7O2. The Morgan fingerprint density at radius 1 is 1.00 bits per heavy atom. The van der Waals surface area contributed by atoms with Crippen LogP contribution in [0.4, 0.5) is 11.4 Å². The van der Waals surface area contributed by atoms with Gasteiger partial charge >= 0.3 is 0 Å². The summed E-state index contributed by atoms with van der Waals surface area (Å²) in [5, 5.41) is 12.2. The summed E-state index contributed by atoms with van der Waals surface area (Å²) < 4.78 is 11.0. The molecule has 0 unspecified atom stereocenters. The van der Waals surface area contributed by atoms with Crippen LogP contribution in [0.2, 0.25) is 0 Å². The van der Waals surface area contributed by atoms with Crippen molar-refractivity contribution in [2.45, 2.75) is 12.8 Å². The summed E-state index contributed by atoms with van der Waals surface area (Å²) in [5.74, 6) is 2.64. The summed E-state index contributed by atoms with van der Waals surface area (Å²) in [5.41, 5.74) is 4.23. The minimum Gasteiger partial charge on any atom is -0.497 e. The lowest BCUT2D eigenvalue weighted by molar-refractivity contribution is 0.394. The fourth-order valence-corrected chi connectivity index (χ4v) is 3.53. The van der Waals surface area contributed by atoms with E-state index in [1.807, 2.05) is 24.3 Å². The van der Waals surface area contributed by atoms with Crippen molar-refractivity contribution in [3.05, 3.63) is 42.6 Å². The van der Waals surface area contributed by atoms with Gasteiger partial charge in [-0.25, -0.2) is 4.98 Å². The van der Waals surface area contributed by atoms with Crippen LogP contribution >= 0.6 is 0 Å². The zero-order valence-corrected chi connectivity index (χ0v) is 17.7. The first-order valence-electron chi connectivity index (χ1n) is 10.1. The Morgan fingerprint density at radius 2 is 1.77 bits per heavy atom. The molecule has 0 bridgehead atoms. The monoisotopic (exact) mass is 417 g/mol. The van der Waals surface area contributed by atoms with Crippen molar-refractivity contribution in [2.24, 2.45) is 13.0 Å². The van der Waals surface area contributed by atoms with Gasteiger partial charge in [-0.05, 0) is 42.2 Å². The molecule has 0 saturated heterocycles. The topological polar surface area (TPSA) is 91.1 Å². The predicted octanol–water partition coefficient (Wildman–Crippen LogP) is 3.39. The lowest BCUT2D eigenvalue weighted by Gasteiger charge is -2.26. The summed E-state index contributed by atoms with van der Waals surface area (Å²) >= 11 is 0. The van der Waals surface area contributed by atoms with E-state index in [0.29, 0.717) is 17.4 Å². The second kappa shape index (κ2) is 7.82. The molecule has 0 spiro atoms. The fraction of sp³-hybridized carbons (Fsp3) is 0.318. The lowest BCUT2D eigenvalue weighted by atomic mass is 10.2. The van der Waals surface area contributed by atoms with Crippen molar-refractivity contribution in [1.29, 1.82) is 0 Å². The highest BCUT2D eigenvalue weighted by atomic mass is 16.5. The van der Waals surface area contributed by atoms with E-state index in [9.17, 15) is 0 Å². The van der Waals surface area contributed by atoms with E-state index in [1.165, 1.54) is 17.6 Å². The number of hydrogen-bond acceptors (Lipinski definition) is 8. The molecule has 4 aromatic rings. The van der Waals surface area contributed by atoms with E-state index >= 15 is 0 Å². The summed E-state index contributed by atoms with van der Waals surface area (Å²) in [7, 11) is 5.05. The zero-order chi connectivity index (χ0) is 21.4. The van der Waals surface area contributed by atoms with Crippen LogP contribution in [0.5, 0.6) is 11.5 Å². The Hall–Kier alpha value is -3.75. The normalized spacial score (nSPS) is 13.4. The molecule has 9 heteroatoms. The van der Waals surface area contributed by atoms with Crippen molar-refractivity contribution in [3.63, 3.8) is 0 Å². The zero-order valence-electron chi connectivity index (χ0n) is 17.7. The number of ether oxygens (including phenoxy) is 2. The lowest BCUT2D eigenvalue weighted by Crippen LogP contribution is -2.20. The van der Waals surface area contributed by atoms with Gasteiger partial charge in [-0.3, -0.25) is 4.98 Å². The summed E-state index contributed by atoms with van der Waals surface area (Å²) in [6.45, 7) is 0.917. The number of tetrazole rings is 1. The molecule has 5 rings (SSSR count). The first kappa shape index (κ1) is 19.2. The fourth-order valence-electron chi connectivity index (χ4n) is 3.53. The van der Waals surface area contributed by atoms with Crippen LogP contribution in [0, 0.1) is 5.92 Å². The molecule has 0 atom stereocenters. The average molecular weight is 417 g/mol. The van der Waals surface area contributed by atoms with Gasteiger partial charge in [0.25, 0.3) is 0 Å². The Labute approximate surface area is 179 Å². The second-order valence-corrected chi connectivity index (χ2v) is 7.66. The number of nitrogens with zero attached hydrogens (tertiary/aromatic N) is 7. The van der Waals surface area contributed by atoms with Crippen LogP contribution in [-0.4, -0.2) is 50.9 Å². The Morgan fingerprint density at radius 3 is 2.42 bits per heavy atom. The van der Waals surface area contributed by atoms with E-state index in [-0.39, 0.29) is 0 Å². The highest BCUT2D eigenvalue weighted by molar-refractivity contribution is 5.82. The number of benzene rings is 2. The van der Waals surface area contributed by atoms with Crippen molar-refractivity contribution in [2.75, 3.05) is 25.7 Å². The summed E-state index contributed by atoms with van der Waals surface area (Å²) in [6.07, 6.45) is 4.16. The SMILES string of the molecule is COc1cc(OC)cc(N(CC2CC2)c2ccc3ncc(-c4nnn(C)n4)nc3c2)c1. The molecule has 31 heavy (non-hydrogen) atoms. The van der Waals surface area contributed by atoms with Gasteiger partial charge in [-0.1, -0.05) is 0 Å². The molecular weight excluding hydrogens is 394 g/mol. The minimum atomic E-state index is 0.453. The summed E-state index contributed by atoms with van der Waals surface area (Å²) in [6, 6.07) is 12.1. The maximum atomic E-state index is 5.49. The van der Waals surface area contributed by atoms with Gasteiger partial charge in [-0.15, -0.1) is 10.2 Å². The third kappa shape index (κ3) is 3.98. The van der Waals surface area contributed by atoms with Crippen LogP contribution in [0.1, 0.15) is 12.8 Å². The smallest absolute Gasteiger partial charge is 0.224 e. The quantitative estimate of drug-likeness (QED) is 0.452. The van der Waals surface area contributed by atoms with E-state index in [1.54, 1.807) is 27.5 Å². The molecule has 2 heterocycles. The molecule has 2 aromatic carbocycles. The van der Waals surface area contributed by atoms with Crippen LogP contribution < -0.4 is 14.4 Å². The van der Waals surface area contributed by atoms with Crippen LogP contribution in [-0.2, 0) is 7.05 Å². The van der Waals surface area contributed by atoms with Crippen LogP contribution in [0.25, 0.3) is 22.6 Å². The van der Waals surface area contributed by atoms with Crippen molar-refractivity contribution < 1.29 is 9.47 Å². The van der Waals surface area contributed by atoms with Gasteiger partial charge in [0.05, 0.1) is 38.5 Å². The molecule has 0 amide bonds. The number of aryl methyl sites for hydroxylation is 1. The molecule has 0 radical (unpaired) electrons. The molecule has 1 fully saturated rings. The van der Waals surface area contributed by atoms with E-state index in [4.69, 9.17) is 14.5 Å². The van der Waals surface area contributed by atoms with E-state index in [2.05, 4.69) is 37.4 Å². The molecule has 1 aliphatic rings. The number of aromatic nitrogens is 6. The highest BCUT2D eigenvalue weighted by Crippen LogP contribution is 2.38. The maximum Gasteiger partial charge on any atom is 0.224 e.